The zero-order chi connectivity index (χ0) is 19.6. The molecule has 0 aliphatic carbocycles. The Labute approximate surface area is 163 Å². The number of carbonyl (C=O) groups excluding carboxylic acids is 1. The quantitative estimate of drug-likeness (QED) is 0.866. The Morgan fingerprint density at radius 1 is 1.18 bits per heavy atom. The summed E-state index contributed by atoms with van der Waals surface area (Å²) in [6.45, 7) is 4.59. The van der Waals surface area contributed by atoms with Crippen LogP contribution in [0.3, 0.4) is 0 Å². The molecule has 1 aromatic carbocycles. The van der Waals surface area contributed by atoms with Crippen molar-refractivity contribution in [3.8, 4) is 5.75 Å². The van der Waals surface area contributed by atoms with Gasteiger partial charge >= 0.3 is 0 Å². The average molecular weight is 384 g/mol. The highest BCUT2D eigenvalue weighted by atomic mass is 16.7. The second-order valence-electron chi connectivity index (χ2n) is 6.94. The minimum absolute atomic E-state index is 0.299. The second kappa shape index (κ2) is 7.73. The Bertz CT molecular complexity index is 857. The van der Waals surface area contributed by atoms with Gasteiger partial charge in [-0.3, -0.25) is 4.79 Å². The van der Waals surface area contributed by atoms with Crippen LogP contribution in [0.4, 0.5) is 11.6 Å². The van der Waals surface area contributed by atoms with Gasteiger partial charge in [0.2, 0.25) is 5.95 Å². The van der Waals surface area contributed by atoms with Crippen molar-refractivity contribution in [3.05, 3.63) is 41.7 Å². The molecule has 0 unspecified atom stereocenters. The molecule has 1 spiro atoms. The molecule has 2 aliphatic heterocycles. The van der Waals surface area contributed by atoms with Crippen LogP contribution in [0.25, 0.3) is 0 Å². The fraction of sp³-hybridized carbons (Fsp3) is 0.450. The lowest BCUT2D eigenvalue weighted by Gasteiger charge is -2.37. The van der Waals surface area contributed by atoms with Crippen molar-refractivity contribution in [2.45, 2.75) is 25.6 Å². The van der Waals surface area contributed by atoms with E-state index in [0.717, 1.165) is 31.6 Å². The normalized spacial score (nSPS) is 18.3. The lowest BCUT2D eigenvalue weighted by molar-refractivity contribution is -0.169. The van der Waals surface area contributed by atoms with Gasteiger partial charge in [0.05, 0.1) is 26.0 Å². The van der Waals surface area contributed by atoms with Crippen molar-refractivity contribution in [2.24, 2.45) is 0 Å². The molecule has 2 aliphatic rings. The van der Waals surface area contributed by atoms with Gasteiger partial charge < -0.3 is 24.4 Å². The Balaban J connectivity index is 1.50. The van der Waals surface area contributed by atoms with Gasteiger partial charge in [-0.25, -0.2) is 9.97 Å². The van der Waals surface area contributed by atoms with E-state index >= 15 is 0 Å². The molecular formula is C20H24N4O4. The highest BCUT2D eigenvalue weighted by molar-refractivity contribution is 6.03. The highest BCUT2D eigenvalue weighted by Crippen LogP contribution is 2.32. The standard InChI is InChI=1S/C20H24N4O4/c1-14-13-16(18(25)22-15-5-3-4-6-17(15)26-2)23-19(21-14)24-9-7-20(8-10-24)27-11-12-28-20/h3-6,13H,7-12H2,1-2H3,(H,22,25). The third kappa shape index (κ3) is 3.79. The summed E-state index contributed by atoms with van der Waals surface area (Å²) in [5.41, 5.74) is 1.66. The Morgan fingerprint density at radius 2 is 1.89 bits per heavy atom. The molecule has 2 fully saturated rings. The number of nitrogens with one attached hydrogen (secondary N) is 1. The first-order chi connectivity index (χ1) is 13.6. The average Bonchev–Trinajstić information content (AvgIpc) is 3.16. The van der Waals surface area contributed by atoms with Crippen LogP contribution in [0, 0.1) is 6.92 Å². The number of nitrogens with zero attached hydrogens (tertiary/aromatic N) is 3. The summed E-state index contributed by atoms with van der Waals surface area (Å²) in [5, 5.41) is 2.86. The summed E-state index contributed by atoms with van der Waals surface area (Å²) in [4.78, 5) is 23.9. The molecule has 8 heteroatoms. The highest BCUT2D eigenvalue weighted by Gasteiger charge is 2.40. The lowest BCUT2D eigenvalue weighted by atomic mass is 10.0. The number of benzene rings is 1. The molecular weight excluding hydrogens is 360 g/mol. The Kier molecular flexibility index (Phi) is 5.15. The minimum Gasteiger partial charge on any atom is -0.495 e. The summed E-state index contributed by atoms with van der Waals surface area (Å²) >= 11 is 0. The van der Waals surface area contributed by atoms with Crippen molar-refractivity contribution < 1.29 is 19.0 Å². The largest absolute Gasteiger partial charge is 0.495 e. The predicted octanol–water partition coefficient (Wildman–Crippen LogP) is 2.39. The van der Waals surface area contributed by atoms with Crippen LogP contribution >= 0.6 is 0 Å². The van der Waals surface area contributed by atoms with Gasteiger partial charge in [-0.1, -0.05) is 12.1 Å². The first kappa shape index (κ1) is 18.6. The molecule has 1 N–H and O–H groups in total. The van der Waals surface area contributed by atoms with Crippen molar-refractivity contribution in [1.82, 2.24) is 9.97 Å². The molecule has 8 nitrogen and oxygen atoms in total. The Morgan fingerprint density at radius 3 is 2.61 bits per heavy atom. The summed E-state index contributed by atoms with van der Waals surface area (Å²) < 4.78 is 16.8. The van der Waals surface area contributed by atoms with Gasteiger partial charge in [0.15, 0.2) is 5.79 Å². The second-order valence-corrected chi connectivity index (χ2v) is 6.94. The predicted molar refractivity (Wildman–Crippen MR) is 104 cm³/mol. The molecule has 0 radical (unpaired) electrons. The number of para-hydroxylation sites is 2. The van der Waals surface area contributed by atoms with Crippen molar-refractivity contribution in [3.63, 3.8) is 0 Å². The Hall–Kier alpha value is -2.71. The lowest BCUT2D eigenvalue weighted by Crippen LogP contribution is -2.45. The SMILES string of the molecule is COc1ccccc1NC(=O)c1cc(C)nc(N2CCC3(CC2)OCCO3)n1. The first-order valence-electron chi connectivity index (χ1n) is 9.41. The molecule has 0 atom stereocenters. The molecule has 2 aromatic rings. The number of rotatable bonds is 4. The van der Waals surface area contributed by atoms with E-state index in [9.17, 15) is 4.79 Å². The monoisotopic (exact) mass is 384 g/mol. The summed E-state index contributed by atoms with van der Waals surface area (Å²) in [7, 11) is 1.57. The van der Waals surface area contributed by atoms with E-state index in [2.05, 4.69) is 20.2 Å². The summed E-state index contributed by atoms with van der Waals surface area (Å²) in [6, 6.07) is 8.96. The maximum absolute atomic E-state index is 12.8. The van der Waals surface area contributed by atoms with Crippen LogP contribution < -0.4 is 15.0 Å². The molecule has 2 saturated heterocycles. The van der Waals surface area contributed by atoms with E-state index < -0.39 is 5.79 Å². The van der Waals surface area contributed by atoms with E-state index in [4.69, 9.17) is 14.2 Å². The van der Waals surface area contributed by atoms with Crippen LogP contribution in [0.15, 0.2) is 30.3 Å². The van der Waals surface area contributed by atoms with Gasteiger partial charge in [-0.05, 0) is 25.1 Å². The number of piperidine rings is 1. The van der Waals surface area contributed by atoms with Crippen molar-refractivity contribution in [2.75, 3.05) is 43.6 Å². The molecule has 148 valence electrons. The number of ether oxygens (including phenoxy) is 3. The maximum atomic E-state index is 12.8. The molecule has 3 heterocycles. The van der Waals surface area contributed by atoms with Crippen LogP contribution in [0.1, 0.15) is 29.0 Å². The van der Waals surface area contributed by atoms with E-state index in [1.165, 1.54) is 0 Å². The van der Waals surface area contributed by atoms with Gasteiger partial charge in [0.1, 0.15) is 11.4 Å². The summed E-state index contributed by atoms with van der Waals surface area (Å²) in [6.07, 6.45) is 1.51. The number of aromatic nitrogens is 2. The number of anilines is 2. The molecule has 1 amide bonds. The molecule has 4 rings (SSSR count). The van der Waals surface area contributed by atoms with Crippen LogP contribution in [0.2, 0.25) is 0 Å². The molecule has 0 bridgehead atoms. The van der Waals surface area contributed by atoms with Crippen LogP contribution in [-0.2, 0) is 9.47 Å². The third-order valence-corrected chi connectivity index (χ3v) is 5.05. The summed E-state index contributed by atoms with van der Waals surface area (Å²) in [5.74, 6) is 0.398. The fourth-order valence-electron chi connectivity index (χ4n) is 3.58. The zero-order valence-electron chi connectivity index (χ0n) is 16.1. The third-order valence-electron chi connectivity index (χ3n) is 5.05. The van der Waals surface area contributed by atoms with Crippen molar-refractivity contribution >= 4 is 17.5 Å². The van der Waals surface area contributed by atoms with Gasteiger partial charge in [0, 0.05) is 31.6 Å². The number of amides is 1. The number of aryl methyl sites for hydroxylation is 1. The molecule has 0 saturated carbocycles. The number of hydrogen-bond acceptors (Lipinski definition) is 7. The minimum atomic E-state index is -0.454. The number of hydrogen-bond donors (Lipinski definition) is 1. The number of methoxy groups -OCH3 is 1. The van der Waals surface area contributed by atoms with E-state index in [0.29, 0.717) is 36.3 Å². The number of carbonyl (C=O) groups is 1. The maximum Gasteiger partial charge on any atom is 0.274 e. The van der Waals surface area contributed by atoms with Crippen LogP contribution in [-0.4, -0.2) is 55.1 Å². The van der Waals surface area contributed by atoms with Gasteiger partial charge in [-0.2, -0.15) is 0 Å². The van der Waals surface area contributed by atoms with Crippen molar-refractivity contribution in [1.29, 1.82) is 0 Å². The topological polar surface area (TPSA) is 85.8 Å². The fourth-order valence-corrected chi connectivity index (χ4v) is 3.58. The molecule has 28 heavy (non-hydrogen) atoms. The van der Waals surface area contributed by atoms with Gasteiger partial charge in [-0.15, -0.1) is 0 Å². The van der Waals surface area contributed by atoms with Crippen LogP contribution in [0.5, 0.6) is 5.75 Å². The van der Waals surface area contributed by atoms with E-state index in [-0.39, 0.29) is 5.91 Å². The first-order valence-corrected chi connectivity index (χ1v) is 9.41. The molecule has 1 aromatic heterocycles. The van der Waals surface area contributed by atoms with E-state index in [1.54, 1.807) is 25.3 Å². The smallest absolute Gasteiger partial charge is 0.274 e. The van der Waals surface area contributed by atoms with Gasteiger partial charge in [0.25, 0.3) is 5.91 Å². The van der Waals surface area contributed by atoms with E-state index in [1.807, 2.05) is 19.1 Å². The zero-order valence-corrected chi connectivity index (χ0v) is 16.1.